The number of benzene rings is 2. The van der Waals surface area contributed by atoms with Crippen LogP contribution in [0.5, 0.6) is 0 Å². The first-order chi connectivity index (χ1) is 10.0. The van der Waals surface area contributed by atoms with Gasteiger partial charge in [-0.1, -0.05) is 25.1 Å². The predicted octanol–water partition coefficient (Wildman–Crippen LogP) is 4.50. The molecule has 0 aliphatic carbocycles. The molecule has 4 heteroatoms. The number of hydrogen-bond acceptors (Lipinski definition) is 1. The fraction of sp³-hybridized carbons (Fsp3) is 0.294. The molecule has 0 aliphatic rings. The second-order valence-corrected chi connectivity index (χ2v) is 5.09. The summed E-state index contributed by atoms with van der Waals surface area (Å²) in [6, 6.07) is 8.02. The van der Waals surface area contributed by atoms with Crippen molar-refractivity contribution in [1.82, 2.24) is 5.32 Å². The molecule has 0 saturated carbocycles. The fourth-order valence-electron chi connectivity index (χ4n) is 2.37. The molecule has 1 nitrogen and oxygen atoms in total. The summed E-state index contributed by atoms with van der Waals surface area (Å²) in [5, 5.41) is 3.15. The third-order valence-corrected chi connectivity index (χ3v) is 3.29. The molecule has 1 unspecified atom stereocenters. The minimum absolute atomic E-state index is 0.188. The monoisotopic (exact) mass is 293 g/mol. The Morgan fingerprint density at radius 2 is 1.86 bits per heavy atom. The normalized spacial score (nSPS) is 12.4. The molecule has 0 heterocycles. The van der Waals surface area contributed by atoms with Gasteiger partial charge in [0, 0.05) is 5.56 Å². The van der Waals surface area contributed by atoms with Gasteiger partial charge in [-0.25, -0.2) is 13.2 Å². The van der Waals surface area contributed by atoms with Gasteiger partial charge in [0.15, 0.2) is 11.6 Å². The molecule has 0 aromatic heterocycles. The van der Waals surface area contributed by atoms with E-state index in [1.165, 1.54) is 24.3 Å². The Hall–Kier alpha value is -1.81. The summed E-state index contributed by atoms with van der Waals surface area (Å²) < 4.78 is 41.1. The summed E-state index contributed by atoms with van der Waals surface area (Å²) in [4.78, 5) is 0. The Morgan fingerprint density at radius 1 is 1.10 bits per heavy atom. The van der Waals surface area contributed by atoms with Crippen molar-refractivity contribution >= 4 is 0 Å². The highest BCUT2D eigenvalue weighted by atomic mass is 19.2. The Morgan fingerprint density at radius 3 is 2.52 bits per heavy atom. The zero-order valence-electron chi connectivity index (χ0n) is 12.1. The quantitative estimate of drug-likeness (QED) is 0.855. The number of rotatable bonds is 5. The summed E-state index contributed by atoms with van der Waals surface area (Å²) in [5.74, 6) is -2.18. The van der Waals surface area contributed by atoms with Crippen molar-refractivity contribution in [3.63, 3.8) is 0 Å². The standard InChI is InChI=1S/C17H18F3N/c1-3-7-21-17(12-8-11(2)9-13(18)10-12)14-5-4-6-15(19)16(14)20/h4-6,8-10,17,21H,3,7H2,1-2H3. The van der Waals surface area contributed by atoms with Crippen molar-refractivity contribution in [2.75, 3.05) is 6.54 Å². The van der Waals surface area contributed by atoms with Gasteiger partial charge in [-0.15, -0.1) is 0 Å². The van der Waals surface area contributed by atoms with Gasteiger partial charge in [0.2, 0.25) is 0 Å². The maximum absolute atomic E-state index is 14.1. The summed E-state index contributed by atoms with van der Waals surface area (Å²) in [6.07, 6.45) is 0.835. The third kappa shape index (κ3) is 3.64. The molecule has 0 spiro atoms. The average Bonchev–Trinajstić information content (AvgIpc) is 2.42. The van der Waals surface area contributed by atoms with Gasteiger partial charge in [-0.05, 0) is 49.2 Å². The molecule has 21 heavy (non-hydrogen) atoms. The van der Waals surface area contributed by atoms with Gasteiger partial charge in [-0.3, -0.25) is 0 Å². The predicted molar refractivity (Wildman–Crippen MR) is 77.6 cm³/mol. The lowest BCUT2D eigenvalue weighted by Crippen LogP contribution is -2.24. The van der Waals surface area contributed by atoms with Crippen LogP contribution in [0.15, 0.2) is 36.4 Å². The van der Waals surface area contributed by atoms with Gasteiger partial charge in [0.1, 0.15) is 5.82 Å². The van der Waals surface area contributed by atoms with Crippen molar-refractivity contribution < 1.29 is 13.2 Å². The molecule has 0 aliphatic heterocycles. The van der Waals surface area contributed by atoms with Crippen molar-refractivity contribution in [2.24, 2.45) is 0 Å². The molecule has 0 bridgehead atoms. The molecule has 2 aromatic rings. The molecule has 0 saturated heterocycles. The number of aryl methyl sites for hydroxylation is 1. The number of halogens is 3. The van der Waals surface area contributed by atoms with Crippen LogP contribution in [0.3, 0.4) is 0 Å². The fourth-order valence-corrected chi connectivity index (χ4v) is 2.37. The van der Waals surface area contributed by atoms with E-state index in [1.54, 1.807) is 13.0 Å². The van der Waals surface area contributed by atoms with E-state index in [-0.39, 0.29) is 11.4 Å². The lowest BCUT2D eigenvalue weighted by atomic mass is 9.96. The third-order valence-electron chi connectivity index (χ3n) is 3.29. The lowest BCUT2D eigenvalue weighted by Gasteiger charge is -2.21. The van der Waals surface area contributed by atoms with Crippen LogP contribution in [-0.4, -0.2) is 6.54 Å². The average molecular weight is 293 g/mol. The van der Waals surface area contributed by atoms with Crippen molar-refractivity contribution in [3.05, 3.63) is 70.5 Å². The Labute approximate surface area is 122 Å². The molecule has 0 amide bonds. The van der Waals surface area contributed by atoms with Gasteiger partial charge in [-0.2, -0.15) is 0 Å². The Kier molecular flexibility index (Phi) is 5.02. The molecule has 0 radical (unpaired) electrons. The first-order valence-corrected chi connectivity index (χ1v) is 6.97. The molecule has 112 valence electrons. The van der Waals surface area contributed by atoms with E-state index in [0.717, 1.165) is 18.1 Å². The Bertz CT molecular complexity index is 605. The minimum Gasteiger partial charge on any atom is -0.306 e. The van der Waals surface area contributed by atoms with E-state index < -0.39 is 17.7 Å². The van der Waals surface area contributed by atoms with E-state index in [4.69, 9.17) is 0 Å². The first-order valence-electron chi connectivity index (χ1n) is 6.97. The molecular formula is C17H18F3N. The first kappa shape index (κ1) is 15.6. The van der Waals surface area contributed by atoms with Gasteiger partial charge < -0.3 is 5.32 Å². The molecule has 0 fully saturated rings. The van der Waals surface area contributed by atoms with E-state index in [1.807, 2.05) is 6.92 Å². The maximum atomic E-state index is 14.1. The van der Waals surface area contributed by atoms with Crippen LogP contribution in [0.4, 0.5) is 13.2 Å². The highest BCUT2D eigenvalue weighted by Gasteiger charge is 2.20. The van der Waals surface area contributed by atoms with Gasteiger partial charge in [0.25, 0.3) is 0 Å². The molecule has 2 rings (SSSR count). The van der Waals surface area contributed by atoms with Gasteiger partial charge >= 0.3 is 0 Å². The summed E-state index contributed by atoms with van der Waals surface area (Å²) >= 11 is 0. The topological polar surface area (TPSA) is 12.0 Å². The Balaban J connectivity index is 2.49. The maximum Gasteiger partial charge on any atom is 0.163 e. The van der Waals surface area contributed by atoms with Crippen molar-refractivity contribution in [1.29, 1.82) is 0 Å². The van der Waals surface area contributed by atoms with Crippen LogP contribution in [-0.2, 0) is 0 Å². The molecular weight excluding hydrogens is 275 g/mol. The van der Waals surface area contributed by atoms with Crippen LogP contribution in [0, 0.1) is 24.4 Å². The molecule has 1 N–H and O–H groups in total. The second-order valence-electron chi connectivity index (χ2n) is 5.09. The van der Waals surface area contributed by atoms with Crippen molar-refractivity contribution in [3.8, 4) is 0 Å². The number of hydrogen-bond donors (Lipinski definition) is 1. The summed E-state index contributed by atoms with van der Waals surface area (Å²) in [6.45, 7) is 4.37. The van der Waals surface area contributed by atoms with Crippen LogP contribution in [0.1, 0.15) is 36.1 Å². The van der Waals surface area contributed by atoms with Crippen LogP contribution < -0.4 is 5.32 Å². The SMILES string of the molecule is CCCNC(c1cc(C)cc(F)c1)c1cccc(F)c1F. The highest BCUT2D eigenvalue weighted by molar-refractivity contribution is 5.35. The van der Waals surface area contributed by atoms with Crippen molar-refractivity contribution in [2.45, 2.75) is 26.3 Å². The lowest BCUT2D eigenvalue weighted by molar-refractivity contribution is 0.479. The molecule has 2 aromatic carbocycles. The van der Waals surface area contributed by atoms with Crippen LogP contribution >= 0.6 is 0 Å². The minimum atomic E-state index is -0.899. The summed E-state index contributed by atoms with van der Waals surface area (Å²) in [5.41, 5.74) is 1.52. The smallest absolute Gasteiger partial charge is 0.163 e. The second kappa shape index (κ2) is 6.76. The summed E-state index contributed by atoms with van der Waals surface area (Å²) in [7, 11) is 0. The van der Waals surface area contributed by atoms with Crippen LogP contribution in [0.2, 0.25) is 0 Å². The molecule has 1 atom stereocenters. The van der Waals surface area contributed by atoms with Crippen LogP contribution in [0.25, 0.3) is 0 Å². The van der Waals surface area contributed by atoms with Gasteiger partial charge in [0.05, 0.1) is 6.04 Å². The number of nitrogens with one attached hydrogen (secondary N) is 1. The van der Waals surface area contributed by atoms with E-state index in [0.29, 0.717) is 12.1 Å². The van der Waals surface area contributed by atoms with E-state index in [9.17, 15) is 13.2 Å². The highest BCUT2D eigenvalue weighted by Crippen LogP contribution is 2.27. The zero-order valence-corrected chi connectivity index (χ0v) is 12.1. The van der Waals surface area contributed by atoms with E-state index in [2.05, 4.69) is 5.32 Å². The zero-order chi connectivity index (χ0) is 15.4. The van der Waals surface area contributed by atoms with E-state index >= 15 is 0 Å². The largest absolute Gasteiger partial charge is 0.306 e.